The number of nitrogens with one attached hydrogen (secondary N) is 2. The lowest BCUT2D eigenvalue weighted by atomic mass is 10.2. The zero-order chi connectivity index (χ0) is 15.4. The van der Waals surface area contributed by atoms with Crippen LogP contribution < -0.4 is 10.6 Å². The second kappa shape index (κ2) is 6.19. The van der Waals surface area contributed by atoms with Gasteiger partial charge in [-0.25, -0.2) is 9.78 Å². The number of hydrogen-bond donors (Lipinski definition) is 2. The first kappa shape index (κ1) is 14.7. The molecule has 0 bridgehead atoms. The Morgan fingerprint density at radius 2 is 2.05 bits per heavy atom. The van der Waals surface area contributed by atoms with Crippen LogP contribution in [0.1, 0.15) is 5.56 Å². The molecule has 1 heterocycles. The molecule has 1 aromatic heterocycles. The minimum atomic E-state index is -0.553. The number of aryl methyl sites for hydroxylation is 1. The fourth-order valence-electron chi connectivity index (χ4n) is 1.61. The minimum Gasteiger partial charge on any atom is -0.307 e. The van der Waals surface area contributed by atoms with Crippen molar-refractivity contribution in [3.63, 3.8) is 0 Å². The van der Waals surface area contributed by atoms with Crippen LogP contribution in [0.25, 0.3) is 0 Å². The highest BCUT2D eigenvalue weighted by Gasteiger charge is 2.12. The van der Waals surface area contributed by atoms with Crippen LogP contribution >= 0.6 is 11.6 Å². The van der Waals surface area contributed by atoms with Gasteiger partial charge in [-0.15, -0.1) is 0 Å². The molecule has 0 saturated carbocycles. The zero-order valence-corrected chi connectivity index (χ0v) is 11.7. The van der Waals surface area contributed by atoms with E-state index in [1.54, 1.807) is 31.2 Å². The third kappa shape index (κ3) is 3.90. The molecular formula is C13H11ClN4O3. The van der Waals surface area contributed by atoms with Crippen LogP contribution in [-0.4, -0.2) is 15.9 Å². The van der Waals surface area contributed by atoms with Crippen molar-refractivity contribution in [3.05, 3.63) is 57.2 Å². The first-order valence-corrected chi connectivity index (χ1v) is 6.28. The van der Waals surface area contributed by atoms with Crippen LogP contribution in [0.4, 0.5) is 22.0 Å². The number of benzene rings is 1. The predicted octanol–water partition coefficient (Wildman–Crippen LogP) is 3.60. The molecule has 0 fully saturated rings. The quantitative estimate of drug-likeness (QED) is 0.668. The van der Waals surface area contributed by atoms with Gasteiger partial charge in [0, 0.05) is 23.5 Å². The molecule has 0 aliphatic heterocycles. The van der Waals surface area contributed by atoms with Crippen LogP contribution in [0.3, 0.4) is 0 Å². The van der Waals surface area contributed by atoms with Crippen molar-refractivity contribution in [2.45, 2.75) is 6.92 Å². The largest absolute Gasteiger partial charge is 0.324 e. The summed E-state index contributed by atoms with van der Waals surface area (Å²) in [6.45, 7) is 1.62. The number of rotatable bonds is 3. The molecule has 0 unspecified atom stereocenters. The summed E-state index contributed by atoms with van der Waals surface area (Å²) in [5.41, 5.74) is 0.779. The summed E-state index contributed by atoms with van der Waals surface area (Å²) in [5, 5.41) is 16.3. The average Bonchev–Trinajstić information content (AvgIpc) is 2.43. The normalized spacial score (nSPS) is 10.0. The summed E-state index contributed by atoms with van der Waals surface area (Å²) in [7, 11) is 0. The van der Waals surface area contributed by atoms with Crippen LogP contribution in [0, 0.1) is 17.0 Å². The average molecular weight is 307 g/mol. The van der Waals surface area contributed by atoms with Gasteiger partial charge in [-0.1, -0.05) is 17.7 Å². The molecule has 0 saturated heterocycles. The van der Waals surface area contributed by atoms with Gasteiger partial charge in [-0.3, -0.25) is 15.4 Å². The lowest BCUT2D eigenvalue weighted by molar-refractivity contribution is -0.385. The predicted molar refractivity (Wildman–Crippen MR) is 79.7 cm³/mol. The summed E-state index contributed by atoms with van der Waals surface area (Å²) >= 11 is 5.69. The molecule has 1 aromatic carbocycles. The van der Waals surface area contributed by atoms with Gasteiger partial charge in [0.05, 0.1) is 9.95 Å². The maximum Gasteiger partial charge on any atom is 0.324 e. The van der Waals surface area contributed by atoms with Gasteiger partial charge in [-0.2, -0.15) is 0 Å². The van der Waals surface area contributed by atoms with Gasteiger partial charge >= 0.3 is 6.03 Å². The summed E-state index contributed by atoms with van der Waals surface area (Å²) in [6.07, 6.45) is 1.40. The zero-order valence-electron chi connectivity index (χ0n) is 11.0. The monoisotopic (exact) mass is 306 g/mol. The highest BCUT2D eigenvalue weighted by molar-refractivity contribution is 6.30. The molecule has 8 heteroatoms. The van der Waals surface area contributed by atoms with E-state index in [2.05, 4.69) is 15.6 Å². The maximum atomic E-state index is 11.8. The van der Waals surface area contributed by atoms with Crippen LogP contribution in [0.2, 0.25) is 5.02 Å². The summed E-state index contributed by atoms with van der Waals surface area (Å²) in [6, 6.07) is 7.01. The van der Waals surface area contributed by atoms with Gasteiger partial charge in [0.1, 0.15) is 5.82 Å². The van der Waals surface area contributed by atoms with E-state index >= 15 is 0 Å². The van der Waals surface area contributed by atoms with Crippen molar-refractivity contribution < 1.29 is 9.72 Å². The van der Waals surface area contributed by atoms with Crippen molar-refractivity contribution in [1.29, 1.82) is 0 Å². The Morgan fingerprint density at radius 1 is 1.29 bits per heavy atom. The van der Waals surface area contributed by atoms with E-state index in [1.807, 2.05) is 0 Å². The number of hydrogen-bond acceptors (Lipinski definition) is 4. The minimum absolute atomic E-state index is 0.0579. The number of nitrogens with zero attached hydrogens (tertiary/aromatic N) is 2. The fourth-order valence-corrected chi connectivity index (χ4v) is 1.72. The highest BCUT2D eigenvalue weighted by Crippen LogP contribution is 2.22. The number of amides is 2. The molecule has 2 amide bonds. The SMILES string of the molecule is Cc1ccc(NC(=O)Nc2ccc(Cl)cn2)cc1[N+](=O)[O-]. The Balaban J connectivity index is 2.07. The fraction of sp³-hybridized carbons (Fsp3) is 0.0769. The van der Waals surface area contributed by atoms with E-state index in [1.165, 1.54) is 12.3 Å². The molecule has 0 radical (unpaired) electrons. The summed E-state index contributed by atoms with van der Waals surface area (Å²) < 4.78 is 0. The third-order valence-electron chi connectivity index (χ3n) is 2.63. The Bertz CT molecular complexity index is 688. The standard InChI is InChI=1S/C13H11ClN4O3/c1-8-2-4-10(6-11(8)18(20)21)16-13(19)17-12-5-3-9(14)7-15-12/h2-7H,1H3,(H2,15,16,17,19). The van der Waals surface area contributed by atoms with Crippen molar-refractivity contribution in [2.75, 3.05) is 10.6 Å². The van der Waals surface area contributed by atoms with E-state index in [0.29, 0.717) is 22.1 Å². The number of carbonyl (C=O) groups is 1. The van der Waals surface area contributed by atoms with Gasteiger partial charge in [0.15, 0.2) is 0 Å². The number of nitro benzene ring substituents is 1. The number of anilines is 2. The second-order valence-electron chi connectivity index (χ2n) is 4.20. The van der Waals surface area contributed by atoms with Gasteiger partial charge in [0.25, 0.3) is 5.69 Å². The summed E-state index contributed by atoms with van der Waals surface area (Å²) in [5.74, 6) is 0.318. The second-order valence-corrected chi connectivity index (χ2v) is 4.64. The Morgan fingerprint density at radius 3 is 2.67 bits per heavy atom. The van der Waals surface area contributed by atoms with Crippen LogP contribution in [0.15, 0.2) is 36.5 Å². The van der Waals surface area contributed by atoms with E-state index in [-0.39, 0.29) is 5.69 Å². The first-order chi connectivity index (χ1) is 9.95. The van der Waals surface area contributed by atoms with Gasteiger partial charge < -0.3 is 5.32 Å². The first-order valence-electron chi connectivity index (χ1n) is 5.90. The third-order valence-corrected chi connectivity index (χ3v) is 2.86. The molecule has 21 heavy (non-hydrogen) atoms. The van der Waals surface area contributed by atoms with Gasteiger partial charge in [-0.05, 0) is 25.1 Å². The van der Waals surface area contributed by atoms with Crippen LogP contribution in [-0.2, 0) is 0 Å². The molecule has 0 aliphatic rings. The van der Waals surface area contributed by atoms with E-state index in [0.717, 1.165) is 0 Å². The topological polar surface area (TPSA) is 97.2 Å². The number of pyridine rings is 1. The van der Waals surface area contributed by atoms with Crippen molar-refractivity contribution in [2.24, 2.45) is 0 Å². The number of carbonyl (C=O) groups excluding carboxylic acids is 1. The molecule has 108 valence electrons. The van der Waals surface area contributed by atoms with Crippen molar-refractivity contribution in [3.8, 4) is 0 Å². The molecule has 7 nitrogen and oxygen atoms in total. The van der Waals surface area contributed by atoms with E-state index < -0.39 is 11.0 Å². The van der Waals surface area contributed by atoms with Crippen molar-refractivity contribution >= 4 is 34.8 Å². The van der Waals surface area contributed by atoms with Gasteiger partial charge in [0.2, 0.25) is 0 Å². The number of aromatic nitrogens is 1. The molecule has 0 aliphatic carbocycles. The maximum absolute atomic E-state index is 11.8. The Hall–Kier alpha value is -2.67. The van der Waals surface area contributed by atoms with Crippen molar-refractivity contribution in [1.82, 2.24) is 4.98 Å². The summed E-state index contributed by atoms with van der Waals surface area (Å²) in [4.78, 5) is 26.0. The van der Waals surface area contributed by atoms with E-state index in [4.69, 9.17) is 11.6 Å². The Kier molecular flexibility index (Phi) is 4.34. The number of nitro groups is 1. The lowest BCUT2D eigenvalue weighted by Gasteiger charge is -2.07. The lowest BCUT2D eigenvalue weighted by Crippen LogP contribution is -2.20. The molecule has 2 N–H and O–H groups in total. The van der Waals surface area contributed by atoms with E-state index in [9.17, 15) is 14.9 Å². The Labute approximate surface area is 125 Å². The number of urea groups is 1. The molecular weight excluding hydrogens is 296 g/mol. The number of halogens is 1. The molecule has 2 rings (SSSR count). The molecule has 0 spiro atoms. The highest BCUT2D eigenvalue weighted by atomic mass is 35.5. The molecule has 2 aromatic rings. The molecule has 0 atom stereocenters. The van der Waals surface area contributed by atoms with Crippen LogP contribution in [0.5, 0.6) is 0 Å². The smallest absolute Gasteiger partial charge is 0.307 e.